The second-order valence-electron chi connectivity index (χ2n) is 6.50. The summed E-state index contributed by atoms with van der Waals surface area (Å²) in [6.45, 7) is 2.14. The Morgan fingerprint density at radius 3 is 2.76 bits per heavy atom. The predicted octanol–water partition coefficient (Wildman–Crippen LogP) is 2.27. The van der Waals surface area contributed by atoms with E-state index >= 15 is 0 Å². The number of benzene rings is 1. The first kappa shape index (κ1) is 17.5. The number of hydrogen-bond acceptors (Lipinski definition) is 3. The van der Waals surface area contributed by atoms with Gasteiger partial charge in [0, 0.05) is 25.7 Å². The molecule has 3 rings (SSSR count). The van der Waals surface area contributed by atoms with Crippen molar-refractivity contribution in [1.82, 2.24) is 14.7 Å². The molecule has 1 aliphatic heterocycles. The Hall–Kier alpha value is -2.28. The number of carbonyl (C=O) groups excluding carboxylic acids is 1. The fourth-order valence-corrected chi connectivity index (χ4v) is 3.30. The van der Waals surface area contributed by atoms with Crippen molar-refractivity contribution in [2.45, 2.75) is 38.3 Å². The van der Waals surface area contributed by atoms with E-state index < -0.39 is 23.8 Å². The summed E-state index contributed by atoms with van der Waals surface area (Å²) in [5, 5.41) is 14.1. The van der Waals surface area contributed by atoms with Gasteiger partial charge in [0.15, 0.2) is 11.6 Å². The fourth-order valence-electron chi connectivity index (χ4n) is 3.30. The van der Waals surface area contributed by atoms with Gasteiger partial charge in [-0.15, -0.1) is 0 Å². The van der Waals surface area contributed by atoms with Gasteiger partial charge in [0.25, 0.3) is 0 Å². The van der Waals surface area contributed by atoms with E-state index in [1.54, 1.807) is 15.8 Å². The molecule has 0 saturated carbocycles. The molecule has 0 radical (unpaired) electrons. The number of likely N-dealkylation sites (tertiary alicyclic amines) is 1. The summed E-state index contributed by atoms with van der Waals surface area (Å²) in [5.74, 6) is -1.99. The quantitative estimate of drug-likeness (QED) is 0.921. The van der Waals surface area contributed by atoms with Crippen LogP contribution in [0.25, 0.3) is 0 Å². The van der Waals surface area contributed by atoms with E-state index in [-0.39, 0.29) is 18.9 Å². The number of amides is 1. The molecule has 1 aliphatic rings. The fraction of sp³-hybridized carbons (Fsp3) is 0.444. The monoisotopic (exact) mass is 349 g/mol. The number of hydrogen-bond donors (Lipinski definition) is 1. The van der Waals surface area contributed by atoms with E-state index in [1.165, 1.54) is 6.07 Å². The maximum atomic E-state index is 13.5. The number of nitrogens with zero attached hydrogens (tertiary/aromatic N) is 3. The predicted molar refractivity (Wildman–Crippen MR) is 87.7 cm³/mol. The van der Waals surface area contributed by atoms with E-state index in [0.717, 1.165) is 23.4 Å². The average Bonchev–Trinajstić information content (AvgIpc) is 3.12. The first-order valence-electron chi connectivity index (χ1n) is 8.26. The molecular formula is C18H21F2N3O2. The van der Waals surface area contributed by atoms with Crippen molar-refractivity contribution in [2.24, 2.45) is 7.05 Å². The molecule has 1 fully saturated rings. The number of halogens is 2. The molecule has 0 bridgehead atoms. The van der Waals surface area contributed by atoms with Gasteiger partial charge in [-0.3, -0.25) is 9.48 Å². The first-order chi connectivity index (χ1) is 11.9. The summed E-state index contributed by atoms with van der Waals surface area (Å²) in [7, 11) is 1.84. The molecule has 5 nitrogen and oxygen atoms in total. The maximum Gasteiger partial charge on any atom is 0.223 e. The molecule has 0 spiro atoms. The third-order valence-corrected chi connectivity index (χ3v) is 4.87. The van der Waals surface area contributed by atoms with Crippen LogP contribution in [0.4, 0.5) is 8.78 Å². The maximum absolute atomic E-state index is 13.5. The van der Waals surface area contributed by atoms with Gasteiger partial charge in [0.2, 0.25) is 5.91 Å². The van der Waals surface area contributed by atoms with Crippen molar-refractivity contribution in [2.75, 3.05) is 6.54 Å². The number of aryl methyl sites for hydroxylation is 2. The van der Waals surface area contributed by atoms with Crippen molar-refractivity contribution < 1.29 is 18.7 Å². The van der Waals surface area contributed by atoms with Crippen LogP contribution in [0.15, 0.2) is 24.4 Å². The van der Waals surface area contributed by atoms with Crippen LogP contribution in [0.1, 0.15) is 35.7 Å². The Kier molecular flexibility index (Phi) is 4.85. The highest BCUT2D eigenvalue weighted by Gasteiger charge is 2.35. The summed E-state index contributed by atoms with van der Waals surface area (Å²) >= 11 is 0. The van der Waals surface area contributed by atoms with Crippen LogP contribution in [0.2, 0.25) is 0 Å². The highest BCUT2D eigenvalue weighted by atomic mass is 19.2. The number of aromatic nitrogens is 2. The highest BCUT2D eigenvalue weighted by molar-refractivity contribution is 5.77. The van der Waals surface area contributed by atoms with E-state index in [4.69, 9.17) is 0 Å². The lowest BCUT2D eigenvalue weighted by Gasteiger charge is -2.25. The van der Waals surface area contributed by atoms with Crippen LogP contribution in [-0.4, -0.2) is 38.3 Å². The van der Waals surface area contributed by atoms with Crippen LogP contribution in [0, 0.1) is 18.6 Å². The summed E-state index contributed by atoms with van der Waals surface area (Å²) in [4.78, 5) is 14.2. The molecule has 2 atom stereocenters. The SMILES string of the molecule is Cc1c(CCC(=O)N2C[C@H](O)C[C@@H]2c2ccc(F)c(F)c2)cnn1C. The number of rotatable bonds is 4. The number of carbonyl (C=O) groups is 1. The molecule has 1 saturated heterocycles. The van der Waals surface area contributed by atoms with Gasteiger partial charge >= 0.3 is 0 Å². The van der Waals surface area contributed by atoms with Crippen LogP contribution in [0.5, 0.6) is 0 Å². The van der Waals surface area contributed by atoms with Gasteiger partial charge in [0.1, 0.15) is 0 Å². The lowest BCUT2D eigenvalue weighted by molar-refractivity contribution is -0.132. The smallest absolute Gasteiger partial charge is 0.223 e. The van der Waals surface area contributed by atoms with Crippen molar-refractivity contribution in [3.05, 3.63) is 52.9 Å². The molecular weight excluding hydrogens is 328 g/mol. The third kappa shape index (κ3) is 3.56. The molecule has 1 amide bonds. The van der Waals surface area contributed by atoms with Crippen molar-refractivity contribution in [3.8, 4) is 0 Å². The summed E-state index contributed by atoms with van der Waals surface area (Å²) < 4.78 is 28.4. The summed E-state index contributed by atoms with van der Waals surface area (Å²) in [6.07, 6.45) is 2.23. The van der Waals surface area contributed by atoms with Crippen LogP contribution >= 0.6 is 0 Å². The molecule has 2 aromatic rings. The van der Waals surface area contributed by atoms with Gasteiger partial charge in [-0.25, -0.2) is 8.78 Å². The second kappa shape index (κ2) is 6.92. The standard InChI is InChI=1S/C18H21F2N3O2/c1-11-13(9-21-22(11)2)4-6-18(25)23-10-14(24)8-17(23)12-3-5-15(19)16(20)7-12/h3,5,7,9,14,17,24H,4,6,8,10H2,1-2H3/t14-,17-/m1/s1. The van der Waals surface area contributed by atoms with E-state index in [2.05, 4.69) is 5.10 Å². The zero-order valence-electron chi connectivity index (χ0n) is 14.2. The Labute approximate surface area is 144 Å². The minimum absolute atomic E-state index is 0.116. The number of aliphatic hydroxyl groups is 1. The van der Waals surface area contributed by atoms with Gasteiger partial charge in [0.05, 0.1) is 18.3 Å². The van der Waals surface area contributed by atoms with E-state index in [9.17, 15) is 18.7 Å². The lowest BCUT2D eigenvalue weighted by Crippen LogP contribution is -2.32. The molecule has 1 N–H and O–H groups in total. The first-order valence-corrected chi connectivity index (χ1v) is 8.26. The number of aliphatic hydroxyl groups excluding tert-OH is 1. The molecule has 1 aromatic heterocycles. The van der Waals surface area contributed by atoms with Crippen LogP contribution in [0.3, 0.4) is 0 Å². The van der Waals surface area contributed by atoms with Crippen LogP contribution in [-0.2, 0) is 18.3 Å². The minimum Gasteiger partial charge on any atom is -0.391 e. The van der Waals surface area contributed by atoms with E-state index in [1.807, 2.05) is 14.0 Å². The minimum atomic E-state index is -0.947. The average molecular weight is 349 g/mol. The highest BCUT2D eigenvalue weighted by Crippen LogP contribution is 2.33. The van der Waals surface area contributed by atoms with E-state index in [0.29, 0.717) is 18.4 Å². The molecule has 2 heterocycles. The Balaban J connectivity index is 1.73. The summed E-state index contributed by atoms with van der Waals surface area (Å²) in [6, 6.07) is 3.18. The molecule has 25 heavy (non-hydrogen) atoms. The van der Waals surface area contributed by atoms with Gasteiger partial charge in [-0.1, -0.05) is 6.07 Å². The third-order valence-electron chi connectivity index (χ3n) is 4.87. The van der Waals surface area contributed by atoms with Gasteiger partial charge in [-0.2, -0.15) is 5.10 Å². The molecule has 7 heteroatoms. The van der Waals surface area contributed by atoms with Crippen molar-refractivity contribution >= 4 is 5.91 Å². The summed E-state index contributed by atoms with van der Waals surface area (Å²) in [5.41, 5.74) is 2.51. The van der Waals surface area contributed by atoms with Crippen molar-refractivity contribution in [3.63, 3.8) is 0 Å². The van der Waals surface area contributed by atoms with Gasteiger partial charge < -0.3 is 10.0 Å². The molecule has 0 aliphatic carbocycles. The van der Waals surface area contributed by atoms with Crippen molar-refractivity contribution in [1.29, 1.82) is 0 Å². The molecule has 0 unspecified atom stereocenters. The number of β-amino-alcohol motifs (C(OH)–C–C–N with tert-alkyl or cyclic N) is 1. The Bertz CT molecular complexity index is 791. The zero-order chi connectivity index (χ0) is 18.1. The zero-order valence-corrected chi connectivity index (χ0v) is 14.2. The largest absolute Gasteiger partial charge is 0.391 e. The van der Waals surface area contributed by atoms with Gasteiger partial charge in [-0.05, 0) is 43.0 Å². The van der Waals surface area contributed by atoms with Crippen LogP contribution < -0.4 is 0 Å². The topological polar surface area (TPSA) is 58.4 Å². The lowest BCUT2D eigenvalue weighted by atomic mass is 10.0. The second-order valence-corrected chi connectivity index (χ2v) is 6.50. The molecule has 1 aromatic carbocycles. The Morgan fingerprint density at radius 1 is 1.36 bits per heavy atom. The Morgan fingerprint density at radius 2 is 2.12 bits per heavy atom. The normalized spacial score (nSPS) is 20.3. The molecule has 134 valence electrons.